The molecular weight excluding hydrogens is 728 g/mol. The van der Waals surface area contributed by atoms with Crippen molar-refractivity contribution in [2.45, 2.75) is 171 Å². The van der Waals surface area contributed by atoms with E-state index in [4.69, 9.17) is 4.74 Å². The number of esters is 1. The summed E-state index contributed by atoms with van der Waals surface area (Å²) in [5.74, 6) is 2.95. The van der Waals surface area contributed by atoms with Crippen LogP contribution in [0.25, 0.3) is 0 Å². The zero-order valence-electron chi connectivity index (χ0n) is 39.4. The summed E-state index contributed by atoms with van der Waals surface area (Å²) in [6.07, 6.45) is 20.6. The third-order valence-electron chi connectivity index (χ3n) is 18.5. The Balaban J connectivity index is 0.00000224. The largest absolute Gasteiger partial charge is 0.460 e. The fourth-order valence-corrected chi connectivity index (χ4v) is 15.4. The van der Waals surface area contributed by atoms with E-state index in [9.17, 15) is 9.18 Å². The maximum absolute atomic E-state index is 14.8. The molecule has 4 fully saturated rings. The molecule has 0 aliphatic heterocycles. The monoisotopic (exact) mass is 815 g/mol. The quantitative estimate of drug-likeness (QED) is 0.150. The van der Waals surface area contributed by atoms with Gasteiger partial charge in [0.15, 0.2) is 0 Å². The number of hydrogen-bond acceptors (Lipinski definition) is 4. The number of benzene rings is 1. The molecule has 0 aromatic heterocycles. The number of nitrogens with one attached hydrogen (secondary N) is 1. The number of allylic oxidation sites excluding steroid dienone is 5. The molecule has 0 heterocycles. The van der Waals surface area contributed by atoms with Crippen molar-refractivity contribution in [2.24, 2.45) is 56.7 Å². The second-order valence-electron chi connectivity index (χ2n) is 21.6. The average molecular weight is 815 g/mol. The van der Waals surface area contributed by atoms with Gasteiger partial charge in [-0.15, -0.1) is 0 Å². The number of halogens is 1. The lowest BCUT2D eigenvalue weighted by molar-refractivity contribution is -0.221. The topological polar surface area (TPSA) is 41.6 Å². The van der Waals surface area contributed by atoms with Crippen LogP contribution in [0.2, 0.25) is 0 Å². The summed E-state index contributed by atoms with van der Waals surface area (Å²) in [4.78, 5) is 16.1. The molecule has 7 rings (SSSR count). The minimum atomic E-state index is -1.08. The molecule has 10 atom stereocenters. The number of rotatable bonds is 14. The van der Waals surface area contributed by atoms with Crippen LogP contribution in [0, 0.1) is 56.7 Å². The molecule has 1 aromatic rings. The van der Waals surface area contributed by atoms with Gasteiger partial charge in [0.1, 0.15) is 13.3 Å². The van der Waals surface area contributed by atoms with Gasteiger partial charge in [-0.05, 0) is 178 Å². The normalized spacial score (nSPS) is 38.3. The number of hydrogen-bond donors (Lipinski definition) is 1. The highest BCUT2D eigenvalue weighted by Gasteiger charge is 2.70. The maximum Gasteiger partial charge on any atom is 0.315 e. The van der Waals surface area contributed by atoms with Gasteiger partial charge in [-0.2, -0.15) is 0 Å². The predicted octanol–water partition coefficient (Wildman–Crippen LogP) is 13.7. The number of nitrogens with zero attached hydrogens (tertiary/aromatic N) is 1. The second kappa shape index (κ2) is 18.2. The highest BCUT2D eigenvalue weighted by atomic mass is 19.1. The van der Waals surface area contributed by atoms with E-state index in [0.717, 1.165) is 37.4 Å². The van der Waals surface area contributed by atoms with Crippen molar-refractivity contribution in [3.8, 4) is 0 Å². The molecule has 0 unspecified atom stereocenters. The summed E-state index contributed by atoms with van der Waals surface area (Å²) in [6, 6.07) is 9.73. The lowest BCUT2D eigenvalue weighted by Gasteiger charge is -2.72. The van der Waals surface area contributed by atoms with E-state index in [2.05, 4.69) is 84.3 Å². The molecule has 0 radical (unpaired) electrons. The van der Waals surface area contributed by atoms with Crippen molar-refractivity contribution < 1.29 is 15.3 Å². The first-order chi connectivity index (χ1) is 28.1. The predicted molar refractivity (Wildman–Crippen MR) is 248 cm³/mol. The van der Waals surface area contributed by atoms with Gasteiger partial charge >= 0.3 is 5.97 Å². The van der Waals surface area contributed by atoms with Gasteiger partial charge in [0.25, 0.3) is 0 Å². The summed E-state index contributed by atoms with van der Waals surface area (Å²) in [5.41, 5.74) is 5.24. The van der Waals surface area contributed by atoms with E-state index in [1.165, 1.54) is 94.0 Å². The van der Waals surface area contributed by atoms with Gasteiger partial charge in [-0.3, -0.25) is 4.79 Å². The van der Waals surface area contributed by atoms with Crippen LogP contribution in [0.15, 0.2) is 65.8 Å². The molecular formula is C54H87FN2O2. The van der Waals surface area contributed by atoms with Gasteiger partial charge < -0.3 is 15.0 Å². The van der Waals surface area contributed by atoms with Crippen molar-refractivity contribution in [3.05, 3.63) is 71.3 Å². The standard InChI is InChI=1S/C52H79FN2O2.C2H6.H2/c1-10-32-55(33-11-2)34-31-54-52-28-21-40(37(3)4)45(52)42-17-18-44-48(7)24-22-41(47(5,6)43(48)23-25-50(44,9)49(42,8)29-30-52)39-19-26-51(36-53,27-20-39)46(56)57-35-38-15-13-12-14-16-38;1-2;/h12-16,19,22,40,42-45,54H,3,10-11,17-18,20-21,23-36H2,1-2,4-9H3;1-2H3;1H/t40-,42+,43-,44+,45+,48-,49+,50+,51-,52-;;/m0../s1. The fourth-order valence-electron chi connectivity index (χ4n) is 15.4. The molecule has 1 N–H and O–H groups in total. The van der Waals surface area contributed by atoms with Crippen LogP contribution < -0.4 is 5.32 Å². The van der Waals surface area contributed by atoms with Gasteiger partial charge in [0, 0.05) is 20.1 Å². The first-order valence-electron chi connectivity index (χ1n) is 24.4. The van der Waals surface area contributed by atoms with Crippen molar-refractivity contribution in [1.82, 2.24) is 10.2 Å². The number of carbonyl (C=O) groups is 1. The zero-order valence-corrected chi connectivity index (χ0v) is 39.4. The molecule has 59 heavy (non-hydrogen) atoms. The molecule has 4 saturated carbocycles. The zero-order chi connectivity index (χ0) is 42.9. The molecule has 0 bridgehead atoms. The highest BCUT2D eigenvalue weighted by Crippen LogP contribution is 2.76. The Kier molecular flexibility index (Phi) is 14.3. The number of ether oxygens (including phenoxy) is 1. The Labute approximate surface area is 362 Å². The molecule has 0 amide bonds. The molecule has 4 nitrogen and oxygen atoms in total. The fraction of sp³-hybridized carbons (Fsp3) is 0.759. The Morgan fingerprint density at radius 1 is 0.864 bits per heavy atom. The SMILES string of the molecule is C=C(C)[C@@H]1CC[C@]2(NCCN(CCC)CCC)CC[C@]3(C)[C@H](CC[C@@H]4[C@@]5(C)CC=C(C6=CC[C@](CF)(C(=O)OCc7ccccc7)CC6)C(C)(C)[C@@H]5CC[C@]43C)[C@@H]12.CC.[HH]. The highest BCUT2D eigenvalue weighted by molar-refractivity contribution is 5.78. The van der Waals surface area contributed by atoms with Crippen LogP contribution in [0.1, 0.15) is 166 Å². The second-order valence-corrected chi connectivity index (χ2v) is 21.6. The lowest BCUT2D eigenvalue weighted by Crippen LogP contribution is -2.68. The summed E-state index contributed by atoms with van der Waals surface area (Å²) < 4.78 is 20.5. The number of alkyl halides is 1. The number of fused-ring (bicyclic) bond motifs is 7. The smallest absolute Gasteiger partial charge is 0.315 e. The minimum absolute atomic E-state index is 0. The van der Waals surface area contributed by atoms with Crippen molar-refractivity contribution in [1.29, 1.82) is 0 Å². The Bertz CT molecular complexity index is 1680. The van der Waals surface area contributed by atoms with E-state index in [-0.39, 0.29) is 24.4 Å². The molecule has 6 aliphatic rings. The van der Waals surface area contributed by atoms with Gasteiger partial charge in [-0.25, -0.2) is 4.39 Å². The van der Waals surface area contributed by atoms with Gasteiger partial charge in [0.2, 0.25) is 0 Å². The molecule has 1 aromatic carbocycles. The molecule has 5 heteroatoms. The van der Waals surface area contributed by atoms with Crippen LogP contribution in [0.3, 0.4) is 0 Å². The number of carbonyl (C=O) groups excluding carboxylic acids is 1. The van der Waals surface area contributed by atoms with E-state index in [1.807, 2.05) is 44.2 Å². The third kappa shape index (κ3) is 8.02. The summed E-state index contributed by atoms with van der Waals surface area (Å²) >= 11 is 0. The van der Waals surface area contributed by atoms with Crippen LogP contribution in [0.4, 0.5) is 4.39 Å². The average Bonchev–Trinajstić information content (AvgIpc) is 3.61. The summed E-state index contributed by atoms with van der Waals surface area (Å²) in [6.45, 7) is 33.1. The first kappa shape index (κ1) is 46.3. The molecule has 0 spiro atoms. The van der Waals surface area contributed by atoms with E-state index in [1.54, 1.807) is 0 Å². The van der Waals surface area contributed by atoms with E-state index < -0.39 is 18.1 Å². The van der Waals surface area contributed by atoms with Crippen molar-refractivity contribution in [2.75, 3.05) is 32.9 Å². The molecule has 0 saturated heterocycles. The summed E-state index contributed by atoms with van der Waals surface area (Å²) in [7, 11) is 0. The van der Waals surface area contributed by atoms with Crippen molar-refractivity contribution in [3.63, 3.8) is 0 Å². The minimum Gasteiger partial charge on any atom is -0.460 e. The van der Waals surface area contributed by atoms with E-state index in [0.29, 0.717) is 47.3 Å². The van der Waals surface area contributed by atoms with Crippen LogP contribution in [-0.4, -0.2) is 49.3 Å². The van der Waals surface area contributed by atoms with Crippen LogP contribution >= 0.6 is 0 Å². The van der Waals surface area contributed by atoms with Gasteiger partial charge in [0.05, 0.1) is 5.41 Å². The first-order valence-corrected chi connectivity index (χ1v) is 24.4. The maximum atomic E-state index is 14.8. The van der Waals surface area contributed by atoms with Gasteiger partial charge in [-0.1, -0.05) is 117 Å². The van der Waals surface area contributed by atoms with E-state index >= 15 is 0 Å². The molecule has 6 aliphatic carbocycles. The lowest BCUT2D eigenvalue weighted by atomic mass is 9.33. The Morgan fingerprint density at radius 2 is 1.58 bits per heavy atom. The Morgan fingerprint density at radius 3 is 2.20 bits per heavy atom. The third-order valence-corrected chi connectivity index (χ3v) is 18.5. The summed E-state index contributed by atoms with van der Waals surface area (Å²) in [5, 5.41) is 4.35. The van der Waals surface area contributed by atoms with Crippen LogP contribution in [-0.2, 0) is 16.1 Å². The Hall–Kier alpha value is -2.24. The van der Waals surface area contributed by atoms with Crippen LogP contribution in [0.5, 0.6) is 0 Å². The molecule has 332 valence electrons. The van der Waals surface area contributed by atoms with Crippen molar-refractivity contribution >= 4 is 5.97 Å².